The van der Waals surface area contributed by atoms with Crippen molar-refractivity contribution in [1.29, 1.82) is 0 Å². The molecule has 0 amide bonds. The van der Waals surface area contributed by atoms with Crippen molar-refractivity contribution in [2.75, 3.05) is 7.11 Å². The maximum Gasteiger partial charge on any atom is 0.132 e. The zero-order chi connectivity index (χ0) is 27.4. The average molecular weight is 533 g/mol. The molecule has 5 rings (SSSR count). The lowest BCUT2D eigenvalue weighted by Crippen LogP contribution is -2.55. The standard InChI is InChI=1S/C32H46F2O4/c1-18(7-5-9-25(35)29-23(33)8-6-10-27(29)38-4)19-11-12-20-28-21(13-15-31(19,20)2)32(3)16-14-26(36)30(37)22(32)17-24(28)34/h6,8,10,18-22,25-26,30,35-37H,5,7,9,11-17H2,1-4H3/t18-,19-,20+,21+,22+,25?,26+,30-,31-,32-/m1/s1. The van der Waals surface area contributed by atoms with E-state index in [4.69, 9.17) is 4.74 Å². The van der Waals surface area contributed by atoms with Crippen LogP contribution in [0.3, 0.4) is 0 Å². The predicted octanol–water partition coefficient (Wildman–Crippen LogP) is 6.88. The van der Waals surface area contributed by atoms with Crippen molar-refractivity contribution in [2.45, 2.75) is 103 Å². The fourth-order valence-corrected chi connectivity index (χ4v) is 9.55. The molecular formula is C32H46F2O4. The summed E-state index contributed by atoms with van der Waals surface area (Å²) in [5.74, 6) is 1.03. The van der Waals surface area contributed by atoms with Gasteiger partial charge in [-0.1, -0.05) is 39.7 Å². The molecule has 1 aromatic carbocycles. The lowest BCUT2D eigenvalue weighted by atomic mass is 9.47. The molecule has 38 heavy (non-hydrogen) atoms. The number of hydrogen-bond donors (Lipinski definition) is 3. The lowest BCUT2D eigenvalue weighted by Gasteiger charge is -2.59. The fraction of sp³-hybridized carbons (Fsp3) is 0.750. The largest absolute Gasteiger partial charge is 0.496 e. The van der Waals surface area contributed by atoms with Crippen LogP contribution in [0.15, 0.2) is 29.6 Å². The van der Waals surface area contributed by atoms with E-state index in [9.17, 15) is 19.7 Å². The van der Waals surface area contributed by atoms with Crippen LogP contribution < -0.4 is 4.74 Å². The molecule has 0 spiro atoms. The molecule has 0 heterocycles. The zero-order valence-corrected chi connectivity index (χ0v) is 23.4. The van der Waals surface area contributed by atoms with E-state index < -0.39 is 24.1 Å². The number of benzene rings is 1. The second kappa shape index (κ2) is 10.5. The summed E-state index contributed by atoms with van der Waals surface area (Å²) < 4.78 is 35.5. The highest BCUT2D eigenvalue weighted by Crippen LogP contribution is 2.68. The first-order valence-electron chi connectivity index (χ1n) is 14.8. The van der Waals surface area contributed by atoms with Crippen molar-refractivity contribution in [3.63, 3.8) is 0 Å². The molecule has 3 saturated carbocycles. The van der Waals surface area contributed by atoms with Crippen LogP contribution in [-0.4, -0.2) is 34.6 Å². The smallest absolute Gasteiger partial charge is 0.132 e. The Balaban J connectivity index is 1.27. The molecule has 1 unspecified atom stereocenters. The molecule has 0 aromatic heterocycles. The maximum atomic E-state index is 15.9. The van der Waals surface area contributed by atoms with Crippen LogP contribution in [0, 0.1) is 46.2 Å². The fourth-order valence-electron chi connectivity index (χ4n) is 9.55. The normalized spacial score (nSPS) is 40.2. The van der Waals surface area contributed by atoms with E-state index in [0.29, 0.717) is 30.4 Å². The first kappa shape index (κ1) is 28.0. The monoisotopic (exact) mass is 532 g/mol. The summed E-state index contributed by atoms with van der Waals surface area (Å²) in [6, 6.07) is 4.62. The van der Waals surface area contributed by atoms with Gasteiger partial charge >= 0.3 is 0 Å². The highest BCUT2D eigenvalue weighted by molar-refractivity contribution is 5.36. The van der Waals surface area contributed by atoms with Gasteiger partial charge in [-0.15, -0.1) is 0 Å². The number of allylic oxidation sites excluding steroid dienone is 2. The van der Waals surface area contributed by atoms with Gasteiger partial charge in [-0.3, -0.25) is 0 Å². The SMILES string of the molecule is COc1cccc(F)c1C(O)CCC[C@@H](C)[C@H]1CC[C@H]2C3=C(F)C[C@H]4[C@@H](O)[C@@H](O)CC[C@]4(C)[C@H]3CC[C@]12C. The van der Waals surface area contributed by atoms with E-state index in [1.165, 1.54) is 13.2 Å². The molecular weight excluding hydrogens is 486 g/mol. The Morgan fingerprint density at radius 2 is 1.71 bits per heavy atom. The molecule has 0 radical (unpaired) electrons. The molecule has 3 fully saturated rings. The van der Waals surface area contributed by atoms with Gasteiger partial charge in [0.2, 0.25) is 0 Å². The molecule has 0 saturated heterocycles. The van der Waals surface area contributed by atoms with Crippen molar-refractivity contribution in [1.82, 2.24) is 0 Å². The molecule has 0 bridgehead atoms. The van der Waals surface area contributed by atoms with Gasteiger partial charge < -0.3 is 20.1 Å². The lowest BCUT2D eigenvalue weighted by molar-refractivity contribution is -0.128. The van der Waals surface area contributed by atoms with Gasteiger partial charge in [0.25, 0.3) is 0 Å². The molecule has 3 N–H and O–H groups in total. The number of ether oxygens (including phenoxy) is 1. The van der Waals surface area contributed by atoms with Crippen molar-refractivity contribution in [3.8, 4) is 5.75 Å². The number of methoxy groups -OCH3 is 1. The van der Waals surface area contributed by atoms with Gasteiger partial charge in [0.05, 0.1) is 31.0 Å². The highest BCUT2D eigenvalue weighted by atomic mass is 19.1. The maximum absolute atomic E-state index is 15.9. The van der Waals surface area contributed by atoms with Crippen LogP contribution >= 0.6 is 0 Å². The summed E-state index contributed by atoms with van der Waals surface area (Å²) in [6.07, 6.45) is 5.49. The number of aliphatic hydroxyl groups excluding tert-OH is 3. The number of aliphatic hydroxyl groups is 3. The average Bonchev–Trinajstić information content (AvgIpc) is 3.24. The number of halogens is 2. The van der Waals surface area contributed by atoms with E-state index in [0.717, 1.165) is 50.5 Å². The second-order valence-corrected chi connectivity index (χ2v) is 13.4. The van der Waals surface area contributed by atoms with Gasteiger partial charge in [0, 0.05) is 6.42 Å². The third-order valence-corrected chi connectivity index (χ3v) is 11.7. The van der Waals surface area contributed by atoms with Gasteiger partial charge in [-0.25, -0.2) is 8.78 Å². The van der Waals surface area contributed by atoms with Crippen LogP contribution in [0.4, 0.5) is 8.78 Å². The molecule has 4 nitrogen and oxygen atoms in total. The summed E-state index contributed by atoms with van der Waals surface area (Å²) in [5, 5.41) is 31.8. The van der Waals surface area contributed by atoms with E-state index in [2.05, 4.69) is 20.8 Å². The number of hydrogen-bond acceptors (Lipinski definition) is 4. The Hall–Kier alpha value is -1.50. The summed E-state index contributed by atoms with van der Waals surface area (Å²) in [6.45, 7) is 6.90. The van der Waals surface area contributed by atoms with Crippen molar-refractivity contribution in [3.05, 3.63) is 41.0 Å². The first-order chi connectivity index (χ1) is 18.0. The van der Waals surface area contributed by atoms with Crippen molar-refractivity contribution < 1.29 is 28.8 Å². The summed E-state index contributed by atoms with van der Waals surface area (Å²) in [5.41, 5.74) is 1.17. The molecule has 212 valence electrons. The molecule has 0 aliphatic heterocycles. The Morgan fingerprint density at radius 1 is 1.00 bits per heavy atom. The third-order valence-electron chi connectivity index (χ3n) is 11.7. The van der Waals surface area contributed by atoms with Crippen molar-refractivity contribution in [2.24, 2.45) is 40.4 Å². The summed E-state index contributed by atoms with van der Waals surface area (Å²) in [7, 11) is 1.49. The number of fused-ring (bicyclic) bond motifs is 5. The Morgan fingerprint density at radius 3 is 2.45 bits per heavy atom. The Labute approximate surface area is 226 Å². The van der Waals surface area contributed by atoms with E-state index in [1.807, 2.05) is 0 Å². The molecule has 4 aliphatic carbocycles. The van der Waals surface area contributed by atoms with Crippen LogP contribution in [0.2, 0.25) is 0 Å². The van der Waals surface area contributed by atoms with Gasteiger partial charge in [0.15, 0.2) is 0 Å². The van der Waals surface area contributed by atoms with Gasteiger partial charge in [0.1, 0.15) is 17.4 Å². The molecule has 1 aromatic rings. The minimum atomic E-state index is -0.903. The van der Waals surface area contributed by atoms with Crippen LogP contribution in [0.25, 0.3) is 0 Å². The van der Waals surface area contributed by atoms with Crippen molar-refractivity contribution >= 4 is 0 Å². The Kier molecular flexibility index (Phi) is 7.73. The van der Waals surface area contributed by atoms with Crippen LogP contribution in [-0.2, 0) is 0 Å². The van der Waals surface area contributed by atoms with Gasteiger partial charge in [-0.2, -0.15) is 0 Å². The summed E-state index contributed by atoms with van der Waals surface area (Å²) in [4.78, 5) is 0. The van der Waals surface area contributed by atoms with Crippen LogP contribution in [0.5, 0.6) is 5.75 Å². The third kappa shape index (κ3) is 4.43. The summed E-state index contributed by atoms with van der Waals surface area (Å²) >= 11 is 0. The minimum absolute atomic E-state index is 0.0168. The zero-order valence-electron chi connectivity index (χ0n) is 23.4. The van der Waals surface area contributed by atoms with E-state index in [1.54, 1.807) is 12.1 Å². The van der Waals surface area contributed by atoms with E-state index in [-0.39, 0.29) is 46.4 Å². The topological polar surface area (TPSA) is 69.9 Å². The molecule has 6 heteroatoms. The highest BCUT2D eigenvalue weighted by Gasteiger charge is 2.61. The number of rotatable bonds is 7. The predicted molar refractivity (Wildman–Crippen MR) is 144 cm³/mol. The quantitative estimate of drug-likeness (QED) is 0.358. The molecule has 4 aliphatic rings. The van der Waals surface area contributed by atoms with E-state index >= 15 is 4.39 Å². The second-order valence-electron chi connectivity index (χ2n) is 13.4. The minimum Gasteiger partial charge on any atom is -0.496 e. The Bertz CT molecular complexity index is 1060. The van der Waals surface area contributed by atoms with Gasteiger partial charge in [-0.05, 0) is 103 Å². The first-order valence-corrected chi connectivity index (χ1v) is 14.8. The van der Waals surface area contributed by atoms with Crippen LogP contribution in [0.1, 0.15) is 96.6 Å². The molecule has 10 atom stereocenters.